The minimum atomic E-state index is -1.11. The van der Waals surface area contributed by atoms with Crippen LogP contribution in [0.15, 0.2) is 47.5 Å². The fourth-order valence-electron chi connectivity index (χ4n) is 2.11. The predicted molar refractivity (Wildman–Crippen MR) is 71.4 cm³/mol. The molecule has 2 aromatic rings. The molecule has 108 valence electrons. The molecule has 21 heavy (non-hydrogen) atoms. The van der Waals surface area contributed by atoms with Crippen LogP contribution in [0.1, 0.15) is 34.4 Å². The molecule has 0 spiro atoms. The number of carboxylic acid groups (broad SMARTS) is 1. The number of rotatable bonds is 4. The standard InChI is InChI=1S/C15H13NO5/c1-15(20-5-6-21-15)11-4-2-3-10(7-11)8-13-16-12(9-19-13)14(17)18/h2-7,9H,8H2,1H3,(H,17,18). The van der Waals surface area contributed by atoms with Crippen molar-refractivity contribution in [1.82, 2.24) is 4.98 Å². The molecule has 2 heterocycles. The first-order valence-corrected chi connectivity index (χ1v) is 6.34. The Hall–Kier alpha value is -2.76. The molecule has 0 aliphatic carbocycles. The molecule has 0 saturated carbocycles. The second-order valence-electron chi connectivity index (χ2n) is 4.76. The van der Waals surface area contributed by atoms with E-state index in [0.29, 0.717) is 12.3 Å². The third-order valence-corrected chi connectivity index (χ3v) is 3.22. The summed E-state index contributed by atoms with van der Waals surface area (Å²) in [4.78, 5) is 14.7. The molecule has 3 rings (SSSR count). The van der Waals surface area contributed by atoms with E-state index in [1.807, 2.05) is 31.2 Å². The molecule has 1 aliphatic rings. The van der Waals surface area contributed by atoms with E-state index >= 15 is 0 Å². The molecule has 6 nitrogen and oxygen atoms in total. The van der Waals surface area contributed by atoms with Gasteiger partial charge in [-0.1, -0.05) is 18.2 Å². The van der Waals surface area contributed by atoms with Gasteiger partial charge in [0.2, 0.25) is 0 Å². The number of nitrogens with zero attached hydrogens (tertiary/aromatic N) is 1. The third kappa shape index (κ3) is 2.60. The van der Waals surface area contributed by atoms with Crippen LogP contribution < -0.4 is 0 Å². The number of carbonyl (C=O) groups is 1. The second kappa shape index (κ2) is 4.97. The van der Waals surface area contributed by atoms with Crippen LogP contribution in [0.4, 0.5) is 0 Å². The van der Waals surface area contributed by atoms with E-state index in [1.54, 1.807) is 0 Å². The Morgan fingerprint density at radius 3 is 2.76 bits per heavy atom. The maximum absolute atomic E-state index is 10.8. The minimum absolute atomic E-state index is 0.0974. The summed E-state index contributed by atoms with van der Waals surface area (Å²) in [5.41, 5.74) is 1.68. The lowest BCUT2D eigenvalue weighted by Gasteiger charge is -2.23. The van der Waals surface area contributed by atoms with Gasteiger partial charge < -0.3 is 19.0 Å². The van der Waals surface area contributed by atoms with Crippen molar-refractivity contribution in [1.29, 1.82) is 0 Å². The van der Waals surface area contributed by atoms with E-state index in [0.717, 1.165) is 17.4 Å². The molecule has 1 N–H and O–H groups in total. The number of oxazole rings is 1. The van der Waals surface area contributed by atoms with E-state index in [-0.39, 0.29) is 5.69 Å². The van der Waals surface area contributed by atoms with Crippen molar-refractivity contribution in [2.24, 2.45) is 0 Å². The Bertz CT molecular complexity index is 696. The summed E-state index contributed by atoms with van der Waals surface area (Å²) in [6, 6.07) is 7.59. The molecule has 0 atom stereocenters. The Morgan fingerprint density at radius 1 is 1.33 bits per heavy atom. The Labute approximate surface area is 120 Å². The van der Waals surface area contributed by atoms with Crippen molar-refractivity contribution in [2.75, 3.05) is 0 Å². The van der Waals surface area contributed by atoms with Gasteiger partial charge in [0.05, 0.1) is 0 Å². The second-order valence-corrected chi connectivity index (χ2v) is 4.76. The van der Waals surface area contributed by atoms with Gasteiger partial charge in [-0.15, -0.1) is 0 Å². The number of aromatic carboxylic acids is 1. The van der Waals surface area contributed by atoms with Crippen LogP contribution in [-0.2, 0) is 21.7 Å². The highest BCUT2D eigenvalue weighted by atomic mass is 16.7. The van der Waals surface area contributed by atoms with Gasteiger partial charge >= 0.3 is 5.97 Å². The molecule has 0 unspecified atom stereocenters. The number of benzene rings is 1. The fraction of sp³-hybridized carbons (Fsp3) is 0.200. The van der Waals surface area contributed by atoms with Gasteiger partial charge in [-0.2, -0.15) is 0 Å². The number of hydrogen-bond donors (Lipinski definition) is 1. The highest BCUT2D eigenvalue weighted by Gasteiger charge is 2.32. The topological polar surface area (TPSA) is 81.8 Å². The van der Waals surface area contributed by atoms with Crippen molar-refractivity contribution in [3.63, 3.8) is 0 Å². The fourth-order valence-corrected chi connectivity index (χ4v) is 2.11. The Balaban J connectivity index is 1.81. The maximum Gasteiger partial charge on any atom is 0.357 e. The number of carboxylic acids is 1. The van der Waals surface area contributed by atoms with Gasteiger partial charge in [-0.3, -0.25) is 0 Å². The van der Waals surface area contributed by atoms with Gasteiger partial charge in [0.25, 0.3) is 5.79 Å². The van der Waals surface area contributed by atoms with Crippen LogP contribution in [0.5, 0.6) is 0 Å². The van der Waals surface area contributed by atoms with Gasteiger partial charge in [-0.25, -0.2) is 9.78 Å². The molecule has 0 radical (unpaired) electrons. The largest absolute Gasteiger partial charge is 0.476 e. The zero-order valence-corrected chi connectivity index (χ0v) is 11.3. The average Bonchev–Trinajstić information content (AvgIpc) is 3.09. The number of hydrogen-bond acceptors (Lipinski definition) is 5. The maximum atomic E-state index is 10.8. The Kier molecular flexibility index (Phi) is 3.13. The van der Waals surface area contributed by atoms with E-state index in [4.69, 9.17) is 19.0 Å². The molecular weight excluding hydrogens is 274 g/mol. The molecule has 0 amide bonds. The molecule has 1 aliphatic heterocycles. The van der Waals surface area contributed by atoms with Crippen LogP contribution in [-0.4, -0.2) is 16.1 Å². The first-order valence-electron chi connectivity index (χ1n) is 6.34. The first kappa shape index (κ1) is 13.2. The number of aromatic nitrogens is 1. The summed E-state index contributed by atoms with van der Waals surface area (Å²) in [5, 5.41) is 8.82. The van der Waals surface area contributed by atoms with Crippen LogP contribution in [0.3, 0.4) is 0 Å². The van der Waals surface area contributed by atoms with E-state index in [2.05, 4.69) is 4.98 Å². The molecule has 0 bridgehead atoms. The van der Waals surface area contributed by atoms with Gasteiger partial charge in [0.15, 0.2) is 11.6 Å². The normalized spacial score (nSPS) is 15.5. The van der Waals surface area contributed by atoms with Crippen LogP contribution >= 0.6 is 0 Å². The lowest BCUT2D eigenvalue weighted by Crippen LogP contribution is -2.22. The zero-order chi connectivity index (χ0) is 14.9. The quantitative estimate of drug-likeness (QED) is 0.931. The summed E-state index contributed by atoms with van der Waals surface area (Å²) >= 11 is 0. The number of ether oxygens (including phenoxy) is 2. The van der Waals surface area contributed by atoms with Crippen molar-refractivity contribution in [3.05, 3.63) is 65.8 Å². The summed E-state index contributed by atoms with van der Waals surface area (Å²) in [7, 11) is 0. The molecular formula is C15H13NO5. The lowest BCUT2D eigenvalue weighted by atomic mass is 10.0. The smallest absolute Gasteiger partial charge is 0.357 e. The predicted octanol–water partition coefficient (Wildman–Crippen LogP) is 2.65. The summed E-state index contributed by atoms with van der Waals surface area (Å²) in [6.07, 6.45) is 4.53. The molecule has 1 aromatic carbocycles. The van der Waals surface area contributed by atoms with E-state index in [1.165, 1.54) is 12.5 Å². The van der Waals surface area contributed by atoms with Crippen molar-refractivity contribution >= 4 is 5.97 Å². The lowest BCUT2D eigenvalue weighted by molar-refractivity contribution is -0.133. The molecule has 1 aromatic heterocycles. The monoisotopic (exact) mass is 287 g/mol. The highest BCUT2D eigenvalue weighted by Crippen LogP contribution is 2.32. The zero-order valence-electron chi connectivity index (χ0n) is 11.3. The van der Waals surface area contributed by atoms with E-state index in [9.17, 15) is 4.79 Å². The van der Waals surface area contributed by atoms with Crippen molar-refractivity contribution in [3.8, 4) is 0 Å². The minimum Gasteiger partial charge on any atom is -0.476 e. The third-order valence-electron chi connectivity index (χ3n) is 3.22. The summed E-state index contributed by atoms with van der Waals surface area (Å²) < 4.78 is 16.0. The van der Waals surface area contributed by atoms with Crippen molar-refractivity contribution in [2.45, 2.75) is 19.1 Å². The molecule has 0 saturated heterocycles. The van der Waals surface area contributed by atoms with Crippen LogP contribution in [0.2, 0.25) is 0 Å². The van der Waals surface area contributed by atoms with Gasteiger partial charge in [-0.05, 0) is 11.6 Å². The molecule has 6 heteroatoms. The first-order chi connectivity index (χ1) is 10.1. The van der Waals surface area contributed by atoms with Gasteiger partial charge in [0.1, 0.15) is 18.8 Å². The van der Waals surface area contributed by atoms with Crippen molar-refractivity contribution < 1.29 is 23.8 Å². The Morgan fingerprint density at radius 2 is 2.10 bits per heavy atom. The van der Waals surface area contributed by atoms with Crippen LogP contribution in [0, 0.1) is 0 Å². The summed E-state index contributed by atoms with van der Waals surface area (Å²) in [6.45, 7) is 1.82. The van der Waals surface area contributed by atoms with Gasteiger partial charge in [0, 0.05) is 18.9 Å². The van der Waals surface area contributed by atoms with Crippen LogP contribution in [0.25, 0.3) is 0 Å². The highest BCUT2D eigenvalue weighted by molar-refractivity contribution is 5.84. The molecule has 0 fully saturated rings. The van der Waals surface area contributed by atoms with E-state index < -0.39 is 11.8 Å². The average molecular weight is 287 g/mol. The SMILES string of the molecule is CC1(c2cccc(Cc3nc(C(=O)O)co3)c2)OC=CO1. The summed E-state index contributed by atoms with van der Waals surface area (Å²) in [5.74, 6) is -1.59.